The summed E-state index contributed by atoms with van der Waals surface area (Å²) in [6.45, 7) is 4.45. The van der Waals surface area contributed by atoms with Gasteiger partial charge in [-0.1, -0.05) is 6.07 Å². The van der Waals surface area contributed by atoms with E-state index in [1.165, 1.54) is 6.07 Å². The van der Waals surface area contributed by atoms with Gasteiger partial charge in [0.25, 0.3) is 0 Å². The molecule has 0 aromatic heterocycles. The predicted molar refractivity (Wildman–Crippen MR) is 68.0 cm³/mol. The summed E-state index contributed by atoms with van der Waals surface area (Å²) in [5.41, 5.74) is 0.971. The van der Waals surface area contributed by atoms with Crippen molar-refractivity contribution in [3.63, 3.8) is 0 Å². The van der Waals surface area contributed by atoms with Gasteiger partial charge in [0.2, 0.25) is 0 Å². The Kier molecular flexibility index (Phi) is 3.47. The summed E-state index contributed by atoms with van der Waals surface area (Å²) in [4.78, 5) is 2.40. The molecule has 0 saturated carbocycles. The van der Waals surface area contributed by atoms with Gasteiger partial charge in [-0.2, -0.15) is 5.26 Å². The minimum atomic E-state index is -0.470. The summed E-state index contributed by atoms with van der Waals surface area (Å²) in [6, 6.07) is 6.97. The lowest BCUT2D eigenvalue weighted by Gasteiger charge is -2.42. The molecule has 1 aromatic rings. The third kappa shape index (κ3) is 2.47. The summed E-state index contributed by atoms with van der Waals surface area (Å²) in [5.74, 6) is -0.470. The summed E-state index contributed by atoms with van der Waals surface area (Å²) >= 11 is 0. The smallest absolute Gasteiger partial charge is 0.140 e. The van der Waals surface area contributed by atoms with Crippen molar-refractivity contribution in [2.24, 2.45) is 0 Å². The molecule has 2 saturated heterocycles. The van der Waals surface area contributed by atoms with Gasteiger partial charge in [0.15, 0.2) is 0 Å². The van der Waals surface area contributed by atoms with Crippen LogP contribution in [-0.2, 0) is 4.74 Å². The van der Waals surface area contributed by atoms with Crippen molar-refractivity contribution in [1.82, 2.24) is 10.2 Å². The number of fused-ring (bicyclic) bond motifs is 1. The maximum Gasteiger partial charge on any atom is 0.140 e. The van der Waals surface area contributed by atoms with E-state index in [4.69, 9.17) is 10.00 Å². The molecule has 2 aliphatic rings. The number of nitriles is 1. The number of rotatable bonds is 1. The lowest BCUT2D eigenvalue weighted by atomic mass is 10.0. The normalized spacial score (nSPS) is 27.6. The Balaban J connectivity index is 1.78. The Morgan fingerprint density at radius 3 is 3.21 bits per heavy atom. The van der Waals surface area contributed by atoms with Crippen LogP contribution in [0.1, 0.15) is 17.2 Å². The van der Waals surface area contributed by atoms with Crippen molar-refractivity contribution in [3.05, 3.63) is 35.1 Å². The average Bonchev–Trinajstić information content (AvgIpc) is 2.47. The molecular weight excluding hydrogens is 245 g/mol. The van der Waals surface area contributed by atoms with Gasteiger partial charge in [-0.3, -0.25) is 4.90 Å². The quantitative estimate of drug-likeness (QED) is 0.820. The van der Waals surface area contributed by atoms with Crippen LogP contribution >= 0.6 is 0 Å². The molecule has 0 aliphatic carbocycles. The Morgan fingerprint density at radius 2 is 2.37 bits per heavy atom. The van der Waals surface area contributed by atoms with Gasteiger partial charge in [-0.15, -0.1) is 0 Å². The topological polar surface area (TPSA) is 48.3 Å². The number of nitrogens with one attached hydrogen (secondary N) is 1. The minimum absolute atomic E-state index is 0.0675. The molecule has 0 unspecified atom stereocenters. The number of hydrogen-bond donors (Lipinski definition) is 1. The molecule has 2 aliphatic heterocycles. The molecule has 4 nitrogen and oxygen atoms in total. The molecule has 1 N–H and O–H groups in total. The Labute approximate surface area is 111 Å². The predicted octanol–water partition coefficient (Wildman–Crippen LogP) is 1.04. The molecule has 0 spiro atoms. The summed E-state index contributed by atoms with van der Waals surface area (Å²) in [5, 5.41) is 12.2. The maximum atomic E-state index is 13.3. The average molecular weight is 261 g/mol. The van der Waals surface area contributed by atoms with Crippen LogP contribution in [0.5, 0.6) is 0 Å². The monoisotopic (exact) mass is 261 g/mol. The lowest BCUT2D eigenvalue weighted by Crippen LogP contribution is -2.57. The van der Waals surface area contributed by atoms with E-state index in [2.05, 4.69) is 10.2 Å². The fourth-order valence-corrected chi connectivity index (χ4v) is 2.73. The van der Waals surface area contributed by atoms with Crippen LogP contribution in [0.25, 0.3) is 0 Å². The van der Waals surface area contributed by atoms with Gasteiger partial charge in [0.1, 0.15) is 11.9 Å². The first-order chi connectivity index (χ1) is 9.28. The Bertz CT molecular complexity index is 514. The van der Waals surface area contributed by atoms with E-state index in [0.717, 1.165) is 31.7 Å². The maximum absolute atomic E-state index is 13.3. The van der Waals surface area contributed by atoms with Gasteiger partial charge >= 0.3 is 0 Å². The van der Waals surface area contributed by atoms with Crippen molar-refractivity contribution >= 4 is 0 Å². The molecule has 19 heavy (non-hydrogen) atoms. The summed E-state index contributed by atoms with van der Waals surface area (Å²) in [6.07, 6.45) is -0.0675. The molecular formula is C14H16FN3O. The molecule has 3 rings (SSSR count). The number of halogens is 1. The molecule has 0 radical (unpaired) electrons. The van der Waals surface area contributed by atoms with Crippen LogP contribution in [0.2, 0.25) is 0 Å². The molecule has 2 heterocycles. The number of morpholine rings is 1. The van der Waals surface area contributed by atoms with E-state index in [1.54, 1.807) is 12.1 Å². The van der Waals surface area contributed by atoms with E-state index in [0.29, 0.717) is 12.6 Å². The highest BCUT2D eigenvalue weighted by atomic mass is 19.1. The van der Waals surface area contributed by atoms with Gasteiger partial charge < -0.3 is 10.1 Å². The zero-order valence-corrected chi connectivity index (χ0v) is 10.6. The largest absolute Gasteiger partial charge is 0.371 e. The summed E-state index contributed by atoms with van der Waals surface area (Å²) in [7, 11) is 0. The fraction of sp³-hybridized carbons (Fsp3) is 0.500. The second kappa shape index (κ2) is 5.25. The van der Waals surface area contributed by atoms with E-state index in [1.807, 2.05) is 6.07 Å². The standard InChI is InChI=1S/C14H16FN3O/c15-13-2-1-10(5-11(13)6-16)14-8-18-4-3-17-7-12(18)9-19-14/h1-2,5,12,14,17H,3-4,7-9H2/t12-,14+/m0/s1. The van der Waals surface area contributed by atoms with E-state index < -0.39 is 5.82 Å². The van der Waals surface area contributed by atoms with E-state index in [9.17, 15) is 4.39 Å². The molecule has 5 heteroatoms. The SMILES string of the molecule is N#Cc1cc([C@H]2CN3CCNC[C@H]3CO2)ccc1F. The first-order valence-corrected chi connectivity index (χ1v) is 6.54. The van der Waals surface area contributed by atoms with Crippen LogP contribution in [0.3, 0.4) is 0 Å². The number of benzene rings is 1. The Morgan fingerprint density at radius 1 is 1.47 bits per heavy atom. The van der Waals surface area contributed by atoms with Crippen molar-refractivity contribution < 1.29 is 9.13 Å². The van der Waals surface area contributed by atoms with Gasteiger partial charge in [-0.25, -0.2) is 4.39 Å². The zero-order chi connectivity index (χ0) is 13.2. The molecule has 100 valence electrons. The molecule has 1 aromatic carbocycles. The number of ether oxygens (including phenoxy) is 1. The first-order valence-electron chi connectivity index (χ1n) is 6.54. The lowest BCUT2D eigenvalue weighted by molar-refractivity contribution is -0.0718. The van der Waals surface area contributed by atoms with E-state index in [-0.39, 0.29) is 11.7 Å². The van der Waals surface area contributed by atoms with Crippen molar-refractivity contribution in [1.29, 1.82) is 5.26 Å². The highest BCUT2D eigenvalue weighted by Crippen LogP contribution is 2.26. The van der Waals surface area contributed by atoms with Crippen LogP contribution in [0, 0.1) is 17.1 Å². The molecule has 2 fully saturated rings. The van der Waals surface area contributed by atoms with Crippen LogP contribution in [-0.4, -0.2) is 43.7 Å². The van der Waals surface area contributed by atoms with Crippen LogP contribution < -0.4 is 5.32 Å². The second-order valence-electron chi connectivity index (χ2n) is 5.03. The number of nitrogens with zero attached hydrogens (tertiary/aromatic N) is 2. The number of hydrogen-bond acceptors (Lipinski definition) is 4. The minimum Gasteiger partial charge on any atom is -0.371 e. The third-order valence-electron chi connectivity index (χ3n) is 3.84. The van der Waals surface area contributed by atoms with Crippen molar-refractivity contribution in [3.8, 4) is 6.07 Å². The molecule has 2 atom stereocenters. The second-order valence-corrected chi connectivity index (χ2v) is 5.03. The Hall–Kier alpha value is -1.48. The third-order valence-corrected chi connectivity index (χ3v) is 3.84. The van der Waals surface area contributed by atoms with Crippen LogP contribution in [0.4, 0.5) is 4.39 Å². The van der Waals surface area contributed by atoms with Crippen molar-refractivity contribution in [2.45, 2.75) is 12.1 Å². The molecule has 0 bridgehead atoms. The van der Waals surface area contributed by atoms with Crippen LogP contribution in [0.15, 0.2) is 18.2 Å². The molecule has 0 amide bonds. The van der Waals surface area contributed by atoms with Crippen molar-refractivity contribution in [2.75, 3.05) is 32.8 Å². The zero-order valence-electron chi connectivity index (χ0n) is 10.6. The highest BCUT2D eigenvalue weighted by Gasteiger charge is 2.31. The summed E-state index contributed by atoms with van der Waals surface area (Å²) < 4.78 is 19.2. The van der Waals surface area contributed by atoms with Gasteiger partial charge in [-0.05, 0) is 17.7 Å². The number of piperazine rings is 1. The van der Waals surface area contributed by atoms with E-state index >= 15 is 0 Å². The van der Waals surface area contributed by atoms with Gasteiger partial charge in [0, 0.05) is 32.2 Å². The highest BCUT2D eigenvalue weighted by molar-refractivity contribution is 5.35. The van der Waals surface area contributed by atoms with Gasteiger partial charge in [0.05, 0.1) is 18.3 Å². The first kappa shape index (κ1) is 12.5. The fourth-order valence-electron chi connectivity index (χ4n) is 2.73.